The maximum Gasteiger partial charge on any atom is 0.326 e. The topological polar surface area (TPSA) is 105 Å². The highest BCUT2D eigenvalue weighted by atomic mass is 16.5. The summed E-state index contributed by atoms with van der Waals surface area (Å²) in [7, 11) is 1.47. The van der Waals surface area contributed by atoms with E-state index in [1.807, 2.05) is 0 Å². The molecule has 2 rings (SSSR count). The van der Waals surface area contributed by atoms with Gasteiger partial charge in [-0.05, 0) is 31.0 Å². The van der Waals surface area contributed by atoms with Crippen molar-refractivity contribution in [1.29, 1.82) is 0 Å². The van der Waals surface area contributed by atoms with Crippen LogP contribution in [-0.2, 0) is 14.3 Å². The van der Waals surface area contributed by atoms with Crippen LogP contribution in [0.3, 0.4) is 0 Å². The van der Waals surface area contributed by atoms with E-state index in [4.69, 9.17) is 4.74 Å². The summed E-state index contributed by atoms with van der Waals surface area (Å²) in [4.78, 5) is 35.9. The molecule has 7 nitrogen and oxygen atoms in total. The number of carbonyl (C=O) groups is 3. The minimum atomic E-state index is -1.11. The van der Waals surface area contributed by atoms with Gasteiger partial charge in [-0.25, -0.2) is 4.79 Å². The van der Waals surface area contributed by atoms with Gasteiger partial charge in [0.25, 0.3) is 5.91 Å². The number of ether oxygens (including phenoxy) is 1. The average molecular weight is 362 g/mol. The molecule has 1 fully saturated rings. The Morgan fingerprint density at radius 2 is 1.96 bits per heavy atom. The van der Waals surface area contributed by atoms with Gasteiger partial charge in [0.2, 0.25) is 5.91 Å². The third-order valence-electron chi connectivity index (χ3n) is 4.58. The molecule has 3 N–H and O–H groups in total. The quantitative estimate of drug-likeness (QED) is 0.659. The number of hydrogen-bond acceptors (Lipinski definition) is 4. The highest BCUT2D eigenvalue weighted by Gasteiger charge is 2.22. The third kappa shape index (κ3) is 5.84. The predicted molar refractivity (Wildman–Crippen MR) is 97.0 cm³/mol. The number of rotatable bonds is 8. The molecule has 142 valence electrons. The van der Waals surface area contributed by atoms with Gasteiger partial charge in [0, 0.05) is 37.3 Å². The third-order valence-corrected chi connectivity index (χ3v) is 4.58. The second kappa shape index (κ2) is 9.91. The van der Waals surface area contributed by atoms with Crippen molar-refractivity contribution < 1.29 is 24.2 Å². The van der Waals surface area contributed by atoms with E-state index in [-0.39, 0.29) is 24.9 Å². The first kappa shape index (κ1) is 19.9. The number of carboxylic acids is 1. The van der Waals surface area contributed by atoms with Crippen LogP contribution in [0.2, 0.25) is 0 Å². The molecule has 1 aromatic carbocycles. The molecule has 0 radical (unpaired) electrons. The van der Waals surface area contributed by atoms with Gasteiger partial charge in [-0.15, -0.1) is 0 Å². The van der Waals surface area contributed by atoms with Gasteiger partial charge in [-0.1, -0.05) is 25.3 Å². The van der Waals surface area contributed by atoms with Crippen molar-refractivity contribution in [1.82, 2.24) is 5.32 Å². The first-order chi connectivity index (χ1) is 12.5. The van der Waals surface area contributed by atoms with Gasteiger partial charge in [0.1, 0.15) is 6.04 Å². The Morgan fingerprint density at radius 3 is 2.62 bits per heavy atom. The van der Waals surface area contributed by atoms with E-state index in [2.05, 4.69) is 10.6 Å². The first-order valence-corrected chi connectivity index (χ1v) is 8.95. The van der Waals surface area contributed by atoms with Crippen molar-refractivity contribution in [2.45, 2.75) is 44.6 Å². The highest BCUT2D eigenvalue weighted by molar-refractivity contribution is 5.99. The summed E-state index contributed by atoms with van der Waals surface area (Å²) in [5, 5.41) is 14.5. The van der Waals surface area contributed by atoms with E-state index in [0.717, 1.165) is 25.7 Å². The van der Waals surface area contributed by atoms with Crippen LogP contribution in [-0.4, -0.2) is 42.6 Å². The van der Waals surface area contributed by atoms with Crippen molar-refractivity contribution in [3.8, 4) is 0 Å². The number of benzene rings is 1. The molecule has 0 spiro atoms. The lowest BCUT2D eigenvalue weighted by atomic mass is 9.88. The van der Waals surface area contributed by atoms with Crippen LogP contribution in [0.15, 0.2) is 24.3 Å². The van der Waals surface area contributed by atoms with Crippen molar-refractivity contribution in [2.75, 3.05) is 19.0 Å². The van der Waals surface area contributed by atoms with E-state index in [1.54, 1.807) is 24.3 Å². The first-order valence-electron chi connectivity index (χ1n) is 8.95. The summed E-state index contributed by atoms with van der Waals surface area (Å²) in [6.07, 6.45) is 5.28. The molecule has 1 aliphatic carbocycles. The predicted octanol–water partition coefficient (Wildman–Crippen LogP) is 2.42. The van der Waals surface area contributed by atoms with Crippen LogP contribution in [0.25, 0.3) is 0 Å². The van der Waals surface area contributed by atoms with Crippen LogP contribution in [0, 0.1) is 5.92 Å². The van der Waals surface area contributed by atoms with Crippen LogP contribution in [0.5, 0.6) is 0 Å². The number of amides is 2. The average Bonchev–Trinajstić information content (AvgIpc) is 2.65. The minimum Gasteiger partial charge on any atom is -0.480 e. The molecular weight excluding hydrogens is 336 g/mol. The monoisotopic (exact) mass is 362 g/mol. The standard InChI is InChI=1S/C19H26N2O5/c1-26-11-10-16(19(24)25)21-18(23)14-8-5-9-15(12-14)20-17(22)13-6-3-2-4-7-13/h5,8-9,12-13,16H,2-4,6-7,10-11H2,1H3,(H,20,22)(H,21,23)(H,24,25). The SMILES string of the molecule is COCCC(NC(=O)c1cccc(NC(=O)C2CCCCC2)c1)C(=O)O. The van der Waals surface area contributed by atoms with Crippen molar-refractivity contribution in [3.05, 3.63) is 29.8 Å². The minimum absolute atomic E-state index is 0.0201. The number of anilines is 1. The largest absolute Gasteiger partial charge is 0.480 e. The van der Waals surface area contributed by atoms with E-state index in [1.165, 1.54) is 13.5 Å². The molecule has 26 heavy (non-hydrogen) atoms. The maximum absolute atomic E-state index is 12.3. The Balaban J connectivity index is 1.99. The molecule has 1 saturated carbocycles. The fraction of sp³-hybridized carbons (Fsp3) is 0.526. The molecule has 1 aromatic rings. The highest BCUT2D eigenvalue weighted by Crippen LogP contribution is 2.25. The Labute approximate surface area is 153 Å². The van der Waals surface area contributed by atoms with Crippen molar-refractivity contribution in [2.24, 2.45) is 5.92 Å². The normalized spacial score (nSPS) is 15.9. The van der Waals surface area contributed by atoms with Crippen LogP contribution in [0.1, 0.15) is 48.9 Å². The fourth-order valence-electron chi connectivity index (χ4n) is 3.08. The van der Waals surface area contributed by atoms with Gasteiger partial charge in [-0.3, -0.25) is 9.59 Å². The second-order valence-corrected chi connectivity index (χ2v) is 6.55. The molecule has 2 amide bonds. The number of hydrogen-bond donors (Lipinski definition) is 3. The number of carbonyl (C=O) groups excluding carboxylic acids is 2. The van der Waals surface area contributed by atoms with Gasteiger partial charge in [-0.2, -0.15) is 0 Å². The van der Waals surface area contributed by atoms with Crippen molar-refractivity contribution in [3.63, 3.8) is 0 Å². The molecule has 0 saturated heterocycles. The zero-order valence-corrected chi connectivity index (χ0v) is 15.0. The Bertz CT molecular complexity index is 641. The zero-order valence-electron chi connectivity index (χ0n) is 15.0. The Kier molecular flexibility index (Phi) is 7.59. The molecule has 7 heteroatoms. The summed E-state index contributed by atoms with van der Waals surface area (Å²) in [5.74, 6) is -1.61. The lowest BCUT2D eigenvalue weighted by Crippen LogP contribution is -2.41. The summed E-state index contributed by atoms with van der Waals surface area (Å²) >= 11 is 0. The van der Waals surface area contributed by atoms with Crippen LogP contribution >= 0.6 is 0 Å². The van der Waals surface area contributed by atoms with Crippen molar-refractivity contribution >= 4 is 23.5 Å². The van der Waals surface area contributed by atoms with E-state index in [0.29, 0.717) is 11.3 Å². The molecule has 0 aliphatic heterocycles. The number of methoxy groups -OCH3 is 1. The number of aliphatic carboxylic acids is 1. The summed E-state index contributed by atoms with van der Waals surface area (Å²) in [5.41, 5.74) is 0.840. The Hall–Kier alpha value is -2.41. The summed E-state index contributed by atoms with van der Waals surface area (Å²) < 4.78 is 4.87. The maximum atomic E-state index is 12.3. The smallest absolute Gasteiger partial charge is 0.326 e. The molecule has 1 unspecified atom stereocenters. The van der Waals surface area contributed by atoms with Gasteiger partial charge in [0.15, 0.2) is 0 Å². The summed E-state index contributed by atoms with van der Waals surface area (Å²) in [6.45, 7) is 0.231. The summed E-state index contributed by atoms with van der Waals surface area (Å²) in [6, 6.07) is 5.50. The number of nitrogens with one attached hydrogen (secondary N) is 2. The molecule has 0 bridgehead atoms. The lowest BCUT2D eigenvalue weighted by molar-refractivity contribution is -0.139. The van der Waals surface area contributed by atoms with E-state index >= 15 is 0 Å². The fourth-order valence-corrected chi connectivity index (χ4v) is 3.08. The van der Waals surface area contributed by atoms with E-state index < -0.39 is 17.9 Å². The zero-order chi connectivity index (χ0) is 18.9. The molecule has 0 aromatic heterocycles. The molecule has 1 atom stereocenters. The molecular formula is C19H26N2O5. The van der Waals surface area contributed by atoms with E-state index in [9.17, 15) is 19.5 Å². The Morgan fingerprint density at radius 1 is 1.23 bits per heavy atom. The lowest BCUT2D eigenvalue weighted by Gasteiger charge is -2.21. The molecule has 1 aliphatic rings. The van der Waals surface area contributed by atoms with Crippen LogP contribution < -0.4 is 10.6 Å². The number of carboxylic acid groups (broad SMARTS) is 1. The second-order valence-electron chi connectivity index (χ2n) is 6.55. The van der Waals surface area contributed by atoms with Gasteiger partial charge >= 0.3 is 5.97 Å². The molecule has 0 heterocycles. The van der Waals surface area contributed by atoms with Gasteiger partial charge in [0.05, 0.1) is 0 Å². The van der Waals surface area contributed by atoms with Crippen LogP contribution in [0.4, 0.5) is 5.69 Å². The van der Waals surface area contributed by atoms with Gasteiger partial charge < -0.3 is 20.5 Å².